The monoisotopic (exact) mass is 313 g/mol. The fraction of sp³-hybridized carbons (Fsp3) is 0.786. The molecular formula is C14H24BrN3. The molecule has 4 heteroatoms. The Balaban J connectivity index is 2.24. The summed E-state index contributed by atoms with van der Waals surface area (Å²) in [5.74, 6) is 0. The third-order valence-corrected chi connectivity index (χ3v) is 4.98. The predicted molar refractivity (Wildman–Crippen MR) is 78.7 cm³/mol. The maximum atomic E-state index is 6.57. The van der Waals surface area contributed by atoms with E-state index in [4.69, 9.17) is 5.73 Å². The van der Waals surface area contributed by atoms with Crippen LogP contribution in [0.3, 0.4) is 0 Å². The molecule has 102 valence electrons. The highest BCUT2D eigenvalue weighted by atomic mass is 79.9. The van der Waals surface area contributed by atoms with E-state index in [2.05, 4.69) is 39.6 Å². The number of rotatable bonds is 4. The van der Waals surface area contributed by atoms with Gasteiger partial charge in [-0.1, -0.05) is 26.2 Å². The number of halogens is 1. The van der Waals surface area contributed by atoms with Gasteiger partial charge in [-0.25, -0.2) is 0 Å². The normalized spacial score (nSPS) is 19.1. The van der Waals surface area contributed by atoms with E-state index in [1.54, 1.807) is 0 Å². The zero-order chi connectivity index (χ0) is 13.2. The molecule has 0 saturated heterocycles. The highest BCUT2D eigenvalue weighted by Gasteiger charge is 2.30. The fourth-order valence-corrected chi connectivity index (χ4v) is 3.66. The van der Waals surface area contributed by atoms with Gasteiger partial charge < -0.3 is 5.73 Å². The summed E-state index contributed by atoms with van der Waals surface area (Å²) in [6, 6.07) is 0. The van der Waals surface area contributed by atoms with Crippen molar-refractivity contribution in [3.05, 3.63) is 15.9 Å². The van der Waals surface area contributed by atoms with Crippen molar-refractivity contribution in [2.75, 3.05) is 0 Å². The van der Waals surface area contributed by atoms with Crippen LogP contribution in [0.4, 0.5) is 0 Å². The van der Waals surface area contributed by atoms with Gasteiger partial charge in [0.2, 0.25) is 0 Å². The van der Waals surface area contributed by atoms with Crippen LogP contribution in [0.1, 0.15) is 57.3 Å². The molecular weight excluding hydrogens is 290 g/mol. The Morgan fingerprint density at radius 2 is 1.94 bits per heavy atom. The van der Waals surface area contributed by atoms with E-state index >= 15 is 0 Å². The molecule has 1 aromatic rings. The number of nitrogens with zero attached hydrogens (tertiary/aromatic N) is 2. The molecule has 3 nitrogen and oxygen atoms in total. The summed E-state index contributed by atoms with van der Waals surface area (Å²) in [6.45, 7) is 5.21. The number of hydrogen-bond donors (Lipinski definition) is 1. The van der Waals surface area contributed by atoms with Gasteiger partial charge in [0.1, 0.15) is 0 Å². The molecule has 1 aliphatic carbocycles. The second-order valence-electron chi connectivity index (χ2n) is 5.48. The first-order valence-electron chi connectivity index (χ1n) is 7.12. The highest BCUT2D eigenvalue weighted by Crippen LogP contribution is 2.32. The summed E-state index contributed by atoms with van der Waals surface area (Å²) < 4.78 is 3.30. The van der Waals surface area contributed by atoms with Crippen molar-refractivity contribution in [3.63, 3.8) is 0 Å². The number of hydrogen-bond acceptors (Lipinski definition) is 2. The molecule has 1 aliphatic rings. The smallest absolute Gasteiger partial charge is 0.0766 e. The Morgan fingerprint density at radius 3 is 2.50 bits per heavy atom. The van der Waals surface area contributed by atoms with Gasteiger partial charge in [-0.2, -0.15) is 5.10 Å². The predicted octanol–water partition coefficient (Wildman–Crippen LogP) is 3.43. The molecule has 0 amide bonds. The first-order valence-corrected chi connectivity index (χ1v) is 7.92. The number of aromatic nitrogens is 2. The van der Waals surface area contributed by atoms with Crippen molar-refractivity contribution in [2.45, 2.75) is 70.9 Å². The maximum Gasteiger partial charge on any atom is 0.0766 e. The average Bonchev–Trinajstić information content (AvgIpc) is 2.67. The van der Waals surface area contributed by atoms with Gasteiger partial charge in [-0.05, 0) is 42.1 Å². The molecule has 1 aromatic heterocycles. The largest absolute Gasteiger partial charge is 0.325 e. The summed E-state index contributed by atoms with van der Waals surface area (Å²) in [4.78, 5) is 0. The van der Waals surface area contributed by atoms with Gasteiger partial charge in [-0.3, -0.25) is 4.68 Å². The second-order valence-corrected chi connectivity index (χ2v) is 6.27. The van der Waals surface area contributed by atoms with E-state index in [1.165, 1.54) is 29.4 Å². The minimum Gasteiger partial charge on any atom is -0.325 e. The van der Waals surface area contributed by atoms with Crippen LogP contribution in [0, 0.1) is 0 Å². The van der Waals surface area contributed by atoms with Crippen molar-refractivity contribution >= 4 is 15.9 Å². The van der Waals surface area contributed by atoms with Gasteiger partial charge in [0.15, 0.2) is 0 Å². The van der Waals surface area contributed by atoms with Crippen LogP contribution in [0.5, 0.6) is 0 Å². The van der Waals surface area contributed by atoms with Crippen LogP contribution >= 0.6 is 15.9 Å². The molecule has 1 heterocycles. The lowest BCUT2D eigenvalue weighted by Gasteiger charge is -2.33. The van der Waals surface area contributed by atoms with Crippen LogP contribution in [-0.4, -0.2) is 15.3 Å². The summed E-state index contributed by atoms with van der Waals surface area (Å²) in [5, 5.41) is 4.66. The zero-order valence-electron chi connectivity index (χ0n) is 11.5. The average molecular weight is 314 g/mol. The second kappa shape index (κ2) is 5.74. The molecule has 0 spiro atoms. The Bertz CT molecular complexity index is 405. The van der Waals surface area contributed by atoms with Crippen LogP contribution < -0.4 is 5.73 Å². The Kier molecular flexibility index (Phi) is 4.49. The summed E-state index contributed by atoms with van der Waals surface area (Å²) in [7, 11) is 0. The third-order valence-electron chi connectivity index (χ3n) is 4.06. The van der Waals surface area contributed by atoms with Gasteiger partial charge in [0.05, 0.1) is 15.9 Å². The molecule has 1 fully saturated rings. The van der Waals surface area contributed by atoms with Crippen molar-refractivity contribution in [1.82, 2.24) is 9.78 Å². The van der Waals surface area contributed by atoms with Crippen molar-refractivity contribution in [3.8, 4) is 0 Å². The van der Waals surface area contributed by atoms with Gasteiger partial charge in [-0.15, -0.1) is 0 Å². The molecule has 2 N–H and O–H groups in total. The molecule has 0 bridgehead atoms. The molecule has 0 unspecified atom stereocenters. The van der Waals surface area contributed by atoms with E-state index in [0.717, 1.165) is 37.9 Å². The quantitative estimate of drug-likeness (QED) is 0.925. The third kappa shape index (κ3) is 2.80. The zero-order valence-corrected chi connectivity index (χ0v) is 13.1. The Labute approximate surface area is 118 Å². The standard InChI is InChI=1S/C14H24BrN3/c1-3-11-13(15)12(18(4-2)17-11)10-14(16)8-6-5-7-9-14/h3-10,16H2,1-2H3. The van der Waals surface area contributed by atoms with E-state index in [1.807, 2.05) is 0 Å². The lowest BCUT2D eigenvalue weighted by molar-refractivity contribution is 0.288. The van der Waals surface area contributed by atoms with Crippen LogP contribution in [-0.2, 0) is 19.4 Å². The van der Waals surface area contributed by atoms with Crippen LogP contribution in [0.25, 0.3) is 0 Å². The number of nitrogens with two attached hydrogens (primary N) is 1. The van der Waals surface area contributed by atoms with Gasteiger partial charge >= 0.3 is 0 Å². The van der Waals surface area contributed by atoms with E-state index in [-0.39, 0.29) is 5.54 Å². The lowest BCUT2D eigenvalue weighted by atomic mass is 9.79. The molecule has 0 atom stereocenters. The lowest BCUT2D eigenvalue weighted by Crippen LogP contribution is -2.44. The van der Waals surface area contributed by atoms with Crippen LogP contribution in [0.2, 0.25) is 0 Å². The fourth-order valence-electron chi connectivity index (χ4n) is 2.95. The molecule has 0 aromatic carbocycles. The summed E-state index contributed by atoms with van der Waals surface area (Å²) in [5.41, 5.74) is 9.01. The SMILES string of the molecule is CCc1nn(CC)c(CC2(N)CCCCC2)c1Br. The first kappa shape index (κ1) is 14.1. The van der Waals surface area contributed by atoms with Crippen molar-refractivity contribution in [1.29, 1.82) is 0 Å². The molecule has 0 aliphatic heterocycles. The molecule has 18 heavy (non-hydrogen) atoms. The van der Waals surface area contributed by atoms with Crippen molar-refractivity contribution < 1.29 is 0 Å². The topological polar surface area (TPSA) is 43.8 Å². The summed E-state index contributed by atoms with van der Waals surface area (Å²) in [6.07, 6.45) is 8.11. The van der Waals surface area contributed by atoms with E-state index < -0.39 is 0 Å². The Morgan fingerprint density at radius 1 is 1.28 bits per heavy atom. The molecule has 2 rings (SSSR count). The van der Waals surface area contributed by atoms with Gasteiger partial charge in [0, 0.05) is 18.5 Å². The first-order chi connectivity index (χ1) is 8.59. The summed E-state index contributed by atoms with van der Waals surface area (Å²) >= 11 is 3.72. The maximum absolute atomic E-state index is 6.57. The Hall–Kier alpha value is -0.350. The van der Waals surface area contributed by atoms with Gasteiger partial charge in [0.25, 0.3) is 0 Å². The number of aryl methyl sites for hydroxylation is 2. The van der Waals surface area contributed by atoms with E-state index in [9.17, 15) is 0 Å². The molecule has 0 radical (unpaired) electrons. The van der Waals surface area contributed by atoms with E-state index in [0.29, 0.717) is 0 Å². The molecule has 1 saturated carbocycles. The minimum absolute atomic E-state index is 0.0151. The highest BCUT2D eigenvalue weighted by molar-refractivity contribution is 9.10. The van der Waals surface area contributed by atoms with Crippen molar-refractivity contribution in [2.24, 2.45) is 5.73 Å². The van der Waals surface area contributed by atoms with Crippen LogP contribution in [0.15, 0.2) is 4.47 Å². The minimum atomic E-state index is -0.0151.